The van der Waals surface area contributed by atoms with Crippen LogP contribution in [0.1, 0.15) is 34.3 Å². The van der Waals surface area contributed by atoms with Crippen LogP contribution in [-0.4, -0.2) is 19.4 Å². The molecule has 3 aromatic carbocycles. The molecular formula is C27H23NO2. The highest BCUT2D eigenvalue weighted by molar-refractivity contribution is 5.88. The quantitative estimate of drug-likeness (QED) is 0.384. The van der Waals surface area contributed by atoms with Gasteiger partial charge in [0.05, 0.1) is 0 Å². The summed E-state index contributed by atoms with van der Waals surface area (Å²) in [4.78, 5) is 13.6. The maximum atomic E-state index is 11.0. The van der Waals surface area contributed by atoms with Crippen LogP contribution in [-0.2, 0) is 12.8 Å². The lowest BCUT2D eigenvalue weighted by Crippen LogP contribution is -2.34. The largest absolute Gasteiger partial charge is 0.456 e. The zero-order valence-electron chi connectivity index (χ0n) is 16.9. The van der Waals surface area contributed by atoms with Gasteiger partial charge < -0.3 is 9.32 Å². The van der Waals surface area contributed by atoms with Gasteiger partial charge in [0.15, 0.2) is 0 Å². The highest BCUT2D eigenvalue weighted by Gasteiger charge is 2.24. The van der Waals surface area contributed by atoms with Crippen molar-refractivity contribution >= 4 is 22.9 Å². The van der Waals surface area contributed by atoms with Crippen molar-refractivity contribution in [1.29, 1.82) is 0 Å². The molecule has 148 valence electrons. The zero-order chi connectivity index (χ0) is 20.1. The Morgan fingerprint density at radius 1 is 0.767 bits per heavy atom. The van der Waals surface area contributed by atoms with Crippen molar-refractivity contribution in [2.45, 2.75) is 25.7 Å². The number of carbonyl (C=O) groups is 1. The number of anilines is 1. The molecule has 0 bridgehead atoms. The van der Waals surface area contributed by atoms with Crippen molar-refractivity contribution in [1.82, 2.24) is 0 Å². The summed E-state index contributed by atoms with van der Waals surface area (Å²) >= 11 is 0. The van der Waals surface area contributed by atoms with Gasteiger partial charge in [-0.2, -0.15) is 0 Å². The van der Waals surface area contributed by atoms with E-state index in [9.17, 15) is 4.79 Å². The minimum absolute atomic E-state index is 0.633. The lowest BCUT2D eigenvalue weighted by atomic mass is 9.88. The predicted octanol–water partition coefficient (Wildman–Crippen LogP) is 6.28. The van der Waals surface area contributed by atoms with E-state index in [1.54, 1.807) is 6.07 Å². The van der Waals surface area contributed by atoms with E-state index in [0.29, 0.717) is 5.56 Å². The molecular weight excluding hydrogens is 370 g/mol. The summed E-state index contributed by atoms with van der Waals surface area (Å²) in [6.07, 6.45) is 5.74. The Morgan fingerprint density at radius 3 is 2.17 bits per heavy atom. The van der Waals surface area contributed by atoms with E-state index in [2.05, 4.69) is 41.3 Å². The number of furan rings is 1. The fraction of sp³-hybridized carbons (Fsp3) is 0.222. The number of benzene rings is 3. The van der Waals surface area contributed by atoms with Crippen LogP contribution < -0.4 is 4.90 Å². The first-order valence-electron chi connectivity index (χ1n) is 10.8. The lowest BCUT2D eigenvalue weighted by Gasteiger charge is -2.37. The number of carbonyl (C=O) groups excluding carboxylic acids is 1. The molecule has 3 nitrogen and oxygen atoms in total. The van der Waals surface area contributed by atoms with Crippen LogP contribution >= 0.6 is 0 Å². The van der Waals surface area contributed by atoms with Crippen LogP contribution in [0.5, 0.6) is 0 Å². The van der Waals surface area contributed by atoms with Crippen LogP contribution in [0.25, 0.3) is 33.4 Å². The molecule has 0 aliphatic carbocycles. The molecule has 2 aliphatic rings. The second-order valence-electron chi connectivity index (χ2n) is 8.44. The van der Waals surface area contributed by atoms with Gasteiger partial charge in [-0.3, -0.25) is 4.79 Å². The first kappa shape index (κ1) is 17.5. The third-order valence-electron chi connectivity index (χ3n) is 6.52. The topological polar surface area (TPSA) is 33.5 Å². The third kappa shape index (κ3) is 2.85. The summed E-state index contributed by atoms with van der Waals surface area (Å²) in [5.41, 5.74) is 9.55. The molecule has 4 aromatic rings. The molecule has 6 rings (SSSR count). The number of aryl methyl sites for hydroxylation is 2. The molecule has 0 N–H and O–H groups in total. The summed E-state index contributed by atoms with van der Waals surface area (Å²) in [6.45, 7) is 2.42. The van der Waals surface area contributed by atoms with E-state index in [1.165, 1.54) is 66.7 Å². The SMILES string of the molecule is O=Cc1ccc2cc(-c3ccc(-c4cc5c6c(c4)CCCN6CCC5)cc3)oc2c1. The average molecular weight is 393 g/mol. The molecule has 30 heavy (non-hydrogen) atoms. The third-order valence-corrected chi connectivity index (χ3v) is 6.52. The predicted molar refractivity (Wildman–Crippen MR) is 121 cm³/mol. The van der Waals surface area contributed by atoms with Gasteiger partial charge in [-0.25, -0.2) is 0 Å². The minimum atomic E-state index is 0.633. The Labute approximate surface area is 175 Å². The molecule has 0 spiro atoms. The molecule has 2 aliphatic heterocycles. The number of hydrogen-bond donors (Lipinski definition) is 0. The van der Waals surface area contributed by atoms with E-state index in [0.717, 1.165) is 28.6 Å². The molecule has 3 heterocycles. The Bertz CT molecular complexity index is 1240. The Morgan fingerprint density at radius 2 is 1.47 bits per heavy atom. The number of aldehydes is 1. The molecule has 0 radical (unpaired) electrons. The van der Waals surface area contributed by atoms with Crippen LogP contribution in [0.15, 0.2) is 65.1 Å². The van der Waals surface area contributed by atoms with E-state index >= 15 is 0 Å². The zero-order valence-corrected chi connectivity index (χ0v) is 16.9. The molecule has 0 saturated carbocycles. The molecule has 0 amide bonds. The van der Waals surface area contributed by atoms with Gasteiger partial charge >= 0.3 is 0 Å². The lowest BCUT2D eigenvalue weighted by molar-refractivity contribution is 0.112. The molecule has 0 saturated heterocycles. The standard InChI is InChI=1S/C27H23NO2/c29-17-18-5-6-21-16-26(30-25(21)13-18)20-9-7-19(8-10-20)24-14-22-3-1-11-28-12-2-4-23(15-24)27(22)28/h5-10,13-17H,1-4,11-12H2. The summed E-state index contributed by atoms with van der Waals surface area (Å²) < 4.78 is 6.01. The molecule has 3 heteroatoms. The van der Waals surface area contributed by atoms with Gasteiger partial charge in [0, 0.05) is 35.3 Å². The van der Waals surface area contributed by atoms with Gasteiger partial charge in [-0.1, -0.05) is 36.4 Å². The average Bonchev–Trinajstić information content (AvgIpc) is 3.23. The second kappa shape index (κ2) is 6.88. The van der Waals surface area contributed by atoms with Crippen molar-refractivity contribution in [3.05, 3.63) is 77.4 Å². The molecule has 0 unspecified atom stereocenters. The van der Waals surface area contributed by atoms with Crippen molar-refractivity contribution in [2.75, 3.05) is 18.0 Å². The summed E-state index contributed by atoms with van der Waals surface area (Å²) in [7, 11) is 0. The minimum Gasteiger partial charge on any atom is -0.456 e. The van der Waals surface area contributed by atoms with Crippen molar-refractivity contribution < 1.29 is 9.21 Å². The normalized spacial score (nSPS) is 15.3. The van der Waals surface area contributed by atoms with Gasteiger partial charge in [0.1, 0.15) is 17.6 Å². The maximum Gasteiger partial charge on any atom is 0.150 e. The van der Waals surface area contributed by atoms with Crippen LogP contribution in [0.3, 0.4) is 0 Å². The van der Waals surface area contributed by atoms with Crippen LogP contribution in [0, 0.1) is 0 Å². The number of nitrogens with zero attached hydrogens (tertiary/aromatic N) is 1. The van der Waals surface area contributed by atoms with Crippen molar-refractivity contribution in [3.63, 3.8) is 0 Å². The first-order valence-corrected chi connectivity index (χ1v) is 10.8. The van der Waals surface area contributed by atoms with Crippen molar-refractivity contribution in [2.24, 2.45) is 0 Å². The van der Waals surface area contributed by atoms with Crippen LogP contribution in [0.4, 0.5) is 5.69 Å². The van der Waals surface area contributed by atoms with E-state index in [4.69, 9.17) is 4.42 Å². The fourth-order valence-corrected chi connectivity index (χ4v) is 5.06. The summed E-state index contributed by atoms with van der Waals surface area (Å²) in [6, 6.07) is 21.0. The van der Waals surface area contributed by atoms with Crippen molar-refractivity contribution in [3.8, 4) is 22.5 Å². The molecule has 1 aromatic heterocycles. The van der Waals surface area contributed by atoms with Gasteiger partial charge in [-0.15, -0.1) is 0 Å². The number of hydrogen-bond acceptors (Lipinski definition) is 3. The van der Waals surface area contributed by atoms with Gasteiger partial charge in [0.25, 0.3) is 0 Å². The van der Waals surface area contributed by atoms with Crippen LogP contribution in [0.2, 0.25) is 0 Å². The van der Waals surface area contributed by atoms with Gasteiger partial charge in [-0.05, 0) is 72.2 Å². The monoisotopic (exact) mass is 393 g/mol. The number of fused-ring (bicyclic) bond motifs is 1. The smallest absolute Gasteiger partial charge is 0.150 e. The molecule has 0 fully saturated rings. The molecule has 0 atom stereocenters. The fourth-order valence-electron chi connectivity index (χ4n) is 5.06. The second-order valence-corrected chi connectivity index (χ2v) is 8.44. The first-order chi connectivity index (χ1) is 14.8. The Hall–Kier alpha value is -3.33. The van der Waals surface area contributed by atoms with E-state index in [-0.39, 0.29) is 0 Å². The summed E-state index contributed by atoms with van der Waals surface area (Å²) in [5, 5.41) is 1.01. The van der Waals surface area contributed by atoms with E-state index < -0.39 is 0 Å². The highest BCUT2D eigenvalue weighted by atomic mass is 16.3. The summed E-state index contributed by atoms with van der Waals surface area (Å²) in [5.74, 6) is 0.829. The maximum absolute atomic E-state index is 11.0. The van der Waals surface area contributed by atoms with Gasteiger partial charge in [0.2, 0.25) is 0 Å². The Balaban J connectivity index is 1.36. The van der Waals surface area contributed by atoms with E-state index in [1.807, 2.05) is 18.2 Å². The highest BCUT2D eigenvalue weighted by Crippen LogP contribution is 2.39. The Kier molecular flexibility index (Phi) is 4.02. The number of rotatable bonds is 3.